The first-order valence-corrected chi connectivity index (χ1v) is 8.99. The molecule has 27 heavy (non-hydrogen) atoms. The number of thioether (sulfide) groups is 1. The molecule has 2 aromatic rings. The summed E-state index contributed by atoms with van der Waals surface area (Å²) in [7, 11) is 3.36. The van der Waals surface area contributed by atoms with Gasteiger partial charge in [0, 0.05) is 14.1 Å². The third-order valence-electron chi connectivity index (χ3n) is 3.95. The van der Waals surface area contributed by atoms with Gasteiger partial charge in [0.05, 0.1) is 10.5 Å². The van der Waals surface area contributed by atoms with E-state index in [4.69, 9.17) is 9.84 Å². The lowest BCUT2D eigenvalue weighted by Crippen LogP contribution is -2.23. The van der Waals surface area contributed by atoms with Crippen LogP contribution in [0.2, 0.25) is 0 Å². The Kier molecular flexibility index (Phi) is 5.61. The molecular weight excluding hydrogens is 364 g/mol. The number of hydrogen-bond acceptors (Lipinski definition) is 5. The van der Waals surface area contributed by atoms with Crippen molar-refractivity contribution < 1.29 is 19.4 Å². The summed E-state index contributed by atoms with van der Waals surface area (Å²) < 4.78 is 5.71. The molecule has 0 bridgehead atoms. The zero-order valence-electron chi connectivity index (χ0n) is 14.9. The summed E-state index contributed by atoms with van der Waals surface area (Å²) in [4.78, 5) is 29.4. The molecule has 0 atom stereocenters. The van der Waals surface area contributed by atoms with Gasteiger partial charge in [-0.1, -0.05) is 24.3 Å². The van der Waals surface area contributed by atoms with Crippen LogP contribution in [0.4, 0.5) is 0 Å². The smallest absolute Gasteiger partial charge is 0.335 e. The summed E-state index contributed by atoms with van der Waals surface area (Å²) in [5, 5.41) is 9.70. The van der Waals surface area contributed by atoms with E-state index in [-0.39, 0.29) is 18.1 Å². The van der Waals surface area contributed by atoms with Crippen LogP contribution in [0.25, 0.3) is 6.08 Å². The number of amides is 1. The summed E-state index contributed by atoms with van der Waals surface area (Å²) in [6, 6.07) is 14.0. The fraction of sp³-hybridized carbons (Fsp3) is 0.150. The molecule has 0 aromatic heterocycles. The van der Waals surface area contributed by atoms with Gasteiger partial charge in [-0.05, 0) is 53.2 Å². The zero-order valence-corrected chi connectivity index (χ0v) is 15.7. The van der Waals surface area contributed by atoms with Crippen molar-refractivity contribution in [2.45, 2.75) is 6.61 Å². The quantitative estimate of drug-likeness (QED) is 0.801. The number of benzene rings is 2. The molecule has 0 unspecified atom stereocenters. The van der Waals surface area contributed by atoms with Crippen molar-refractivity contribution in [3.8, 4) is 5.75 Å². The van der Waals surface area contributed by atoms with Crippen LogP contribution in [-0.2, 0) is 11.4 Å². The van der Waals surface area contributed by atoms with Crippen LogP contribution < -0.4 is 4.74 Å². The Labute approximate surface area is 161 Å². The molecule has 0 spiro atoms. The second kappa shape index (κ2) is 8.09. The lowest BCUT2D eigenvalue weighted by Gasteiger charge is -2.07. The van der Waals surface area contributed by atoms with Crippen molar-refractivity contribution >= 4 is 34.9 Å². The molecule has 1 heterocycles. The number of carbonyl (C=O) groups excluding carboxylic acids is 1. The van der Waals surface area contributed by atoms with E-state index in [1.165, 1.54) is 16.7 Å². The van der Waals surface area contributed by atoms with Crippen LogP contribution in [0.5, 0.6) is 5.75 Å². The predicted octanol–water partition coefficient (Wildman–Crippen LogP) is 3.50. The van der Waals surface area contributed by atoms with E-state index >= 15 is 0 Å². The van der Waals surface area contributed by atoms with Gasteiger partial charge in [0.25, 0.3) is 5.91 Å². The Morgan fingerprint density at radius 2 is 2.00 bits per heavy atom. The maximum absolute atomic E-state index is 12.2. The molecule has 1 aliphatic rings. The first-order chi connectivity index (χ1) is 13.0. The molecule has 0 radical (unpaired) electrons. The lowest BCUT2D eigenvalue weighted by atomic mass is 10.1. The van der Waals surface area contributed by atoms with Crippen molar-refractivity contribution in [2.75, 3.05) is 14.1 Å². The Balaban J connectivity index is 1.66. The number of carboxylic acid groups (broad SMARTS) is 1. The van der Waals surface area contributed by atoms with Gasteiger partial charge < -0.3 is 9.84 Å². The number of aliphatic imine (C=N–C) groups is 1. The van der Waals surface area contributed by atoms with E-state index in [0.717, 1.165) is 11.1 Å². The van der Waals surface area contributed by atoms with Crippen molar-refractivity contribution in [3.05, 3.63) is 70.1 Å². The number of hydrogen-bond donors (Lipinski definition) is 1. The average Bonchev–Trinajstić information content (AvgIpc) is 2.95. The molecule has 1 amide bonds. The molecule has 7 heteroatoms. The highest BCUT2D eigenvalue weighted by molar-refractivity contribution is 8.18. The standard InChI is InChI=1S/C20H18N2O4S/c1-21-20-22(2)18(23)17(27-20)11-13-6-8-16(9-7-13)26-12-14-4-3-5-15(10-14)19(24)25/h3-11H,12H2,1-2H3,(H,24,25)/b17-11-,21-20?. The number of carbonyl (C=O) groups is 2. The Morgan fingerprint density at radius 3 is 2.63 bits per heavy atom. The number of likely N-dealkylation sites (N-methyl/N-ethyl adjacent to an activating group) is 1. The molecule has 138 valence electrons. The van der Waals surface area contributed by atoms with E-state index in [9.17, 15) is 9.59 Å². The molecule has 1 fully saturated rings. The first-order valence-electron chi connectivity index (χ1n) is 8.17. The summed E-state index contributed by atoms with van der Waals surface area (Å²) in [5.74, 6) is -0.370. The van der Waals surface area contributed by atoms with Gasteiger partial charge in [-0.2, -0.15) is 0 Å². The Bertz CT molecular complexity index is 935. The second-order valence-electron chi connectivity index (χ2n) is 5.84. The predicted molar refractivity (Wildman–Crippen MR) is 106 cm³/mol. The number of amidine groups is 1. The molecule has 6 nitrogen and oxygen atoms in total. The first kappa shape index (κ1) is 18.7. The third-order valence-corrected chi connectivity index (χ3v) is 5.10. The van der Waals surface area contributed by atoms with Crippen molar-refractivity contribution in [2.24, 2.45) is 4.99 Å². The molecule has 0 saturated carbocycles. The van der Waals surface area contributed by atoms with Gasteiger partial charge in [-0.3, -0.25) is 14.7 Å². The number of ether oxygens (including phenoxy) is 1. The van der Waals surface area contributed by atoms with E-state index in [0.29, 0.717) is 15.8 Å². The highest BCUT2D eigenvalue weighted by Crippen LogP contribution is 2.31. The monoisotopic (exact) mass is 382 g/mol. The second-order valence-corrected chi connectivity index (χ2v) is 6.85. The highest BCUT2D eigenvalue weighted by atomic mass is 32.2. The third kappa shape index (κ3) is 4.38. The summed E-state index contributed by atoms with van der Waals surface area (Å²) in [6.07, 6.45) is 1.82. The van der Waals surface area contributed by atoms with Gasteiger partial charge in [0.15, 0.2) is 5.17 Å². The Hall–Kier alpha value is -3.06. The lowest BCUT2D eigenvalue weighted by molar-refractivity contribution is -0.121. The largest absolute Gasteiger partial charge is 0.489 e. The van der Waals surface area contributed by atoms with Crippen molar-refractivity contribution in [3.63, 3.8) is 0 Å². The van der Waals surface area contributed by atoms with Crippen LogP contribution >= 0.6 is 11.8 Å². The van der Waals surface area contributed by atoms with E-state index in [1.54, 1.807) is 32.3 Å². The molecule has 1 saturated heterocycles. The van der Waals surface area contributed by atoms with E-state index in [2.05, 4.69) is 4.99 Å². The topological polar surface area (TPSA) is 79.2 Å². The average molecular weight is 382 g/mol. The van der Waals surface area contributed by atoms with Gasteiger partial charge >= 0.3 is 5.97 Å². The molecular formula is C20H18N2O4S. The normalized spacial score (nSPS) is 17.0. The molecule has 2 aromatic carbocycles. The fourth-order valence-corrected chi connectivity index (χ4v) is 3.45. The number of rotatable bonds is 5. The summed E-state index contributed by atoms with van der Waals surface area (Å²) >= 11 is 1.35. The highest BCUT2D eigenvalue weighted by Gasteiger charge is 2.29. The van der Waals surface area contributed by atoms with Crippen LogP contribution in [0, 0.1) is 0 Å². The van der Waals surface area contributed by atoms with E-state index < -0.39 is 5.97 Å². The SMILES string of the molecule is CN=C1S/C(=C\c2ccc(OCc3cccc(C(=O)O)c3)cc2)C(=O)N1C. The van der Waals surface area contributed by atoms with Crippen molar-refractivity contribution in [1.29, 1.82) is 0 Å². The van der Waals surface area contributed by atoms with Crippen LogP contribution in [-0.4, -0.2) is 41.1 Å². The zero-order chi connectivity index (χ0) is 19.4. The van der Waals surface area contributed by atoms with Crippen LogP contribution in [0.3, 0.4) is 0 Å². The Morgan fingerprint density at radius 1 is 1.26 bits per heavy atom. The fourth-order valence-electron chi connectivity index (χ4n) is 2.52. The van der Waals surface area contributed by atoms with E-state index in [1.807, 2.05) is 36.4 Å². The number of carboxylic acids is 1. The van der Waals surface area contributed by atoms with Gasteiger partial charge in [0.2, 0.25) is 0 Å². The van der Waals surface area contributed by atoms with Gasteiger partial charge in [-0.25, -0.2) is 4.79 Å². The molecule has 0 aliphatic carbocycles. The van der Waals surface area contributed by atoms with Crippen LogP contribution in [0.15, 0.2) is 58.4 Å². The minimum absolute atomic E-state index is 0.0701. The number of nitrogens with zero attached hydrogens (tertiary/aromatic N) is 2. The minimum atomic E-state index is -0.963. The molecule has 3 rings (SSSR count). The van der Waals surface area contributed by atoms with Gasteiger partial charge in [-0.15, -0.1) is 0 Å². The summed E-state index contributed by atoms with van der Waals surface area (Å²) in [6.45, 7) is 0.275. The maximum Gasteiger partial charge on any atom is 0.335 e. The minimum Gasteiger partial charge on any atom is -0.489 e. The number of aromatic carboxylic acids is 1. The molecule has 1 N–H and O–H groups in total. The van der Waals surface area contributed by atoms with Gasteiger partial charge in [0.1, 0.15) is 12.4 Å². The maximum atomic E-state index is 12.2. The summed E-state index contributed by atoms with van der Waals surface area (Å²) in [5.41, 5.74) is 1.90. The molecule has 1 aliphatic heterocycles. The van der Waals surface area contributed by atoms with Crippen molar-refractivity contribution in [1.82, 2.24) is 4.90 Å². The van der Waals surface area contributed by atoms with Crippen LogP contribution in [0.1, 0.15) is 21.5 Å².